The van der Waals surface area contributed by atoms with E-state index in [1.165, 1.54) is 0 Å². The number of nitrogens with one attached hydrogen (secondary N) is 2. The van der Waals surface area contributed by atoms with Crippen LogP contribution in [-0.2, 0) is 9.59 Å². The summed E-state index contributed by atoms with van der Waals surface area (Å²) in [6, 6.07) is 5.36. The molecule has 1 heterocycles. The standard InChI is InChI=1S/C15H15ClIN3O3/c1-8(2)15(22)20-19-12(21)7-23-14-11(17)6-10(16)9-4-3-5-18-13(9)14/h3-6,8H,7H2,1-2H3,(H,19,21)(H,20,22). The first-order valence-corrected chi connectivity index (χ1v) is 8.30. The van der Waals surface area contributed by atoms with Crippen LogP contribution in [0.5, 0.6) is 5.75 Å². The van der Waals surface area contributed by atoms with Gasteiger partial charge in [-0.2, -0.15) is 0 Å². The number of fused-ring (bicyclic) bond motifs is 1. The maximum Gasteiger partial charge on any atom is 0.276 e. The molecule has 2 aromatic rings. The van der Waals surface area contributed by atoms with Crippen molar-refractivity contribution in [2.45, 2.75) is 13.8 Å². The smallest absolute Gasteiger partial charge is 0.276 e. The van der Waals surface area contributed by atoms with Gasteiger partial charge in [0.05, 0.1) is 8.59 Å². The number of rotatable bonds is 4. The lowest BCUT2D eigenvalue weighted by atomic mass is 10.2. The zero-order chi connectivity index (χ0) is 17.0. The monoisotopic (exact) mass is 447 g/mol. The number of amides is 2. The van der Waals surface area contributed by atoms with Crippen molar-refractivity contribution in [1.82, 2.24) is 15.8 Å². The van der Waals surface area contributed by atoms with E-state index in [-0.39, 0.29) is 18.4 Å². The van der Waals surface area contributed by atoms with E-state index in [1.807, 2.05) is 6.07 Å². The molecule has 0 saturated carbocycles. The summed E-state index contributed by atoms with van der Waals surface area (Å²) in [6.45, 7) is 3.21. The topological polar surface area (TPSA) is 80.3 Å². The van der Waals surface area contributed by atoms with Crippen molar-refractivity contribution in [3.8, 4) is 5.75 Å². The van der Waals surface area contributed by atoms with Gasteiger partial charge in [-0.3, -0.25) is 25.4 Å². The SMILES string of the molecule is CC(C)C(=O)NNC(=O)COc1c(I)cc(Cl)c2cccnc12. The quantitative estimate of drug-likeness (QED) is 0.558. The highest BCUT2D eigenvalue weighted by atomic mass is 127. The lowest BCUT2D eigenvalue weighted by Gasteiger charge is -2.13. The first-order chi connectivity index (χ1) is 10.9. The zero-order valence-corrected chi connectivity index (χ0v) is 15.4. The minimum absolute atomic E-state index is 0.221. The molecule has 0 radical (unpaired) electrons. The maximum atomic E-state index is 11.8. The fourth-order valence-electron chi connectivity index (χ4n) is 1.73. The Morgan fingerprint density at radius 3 is 2.83 bits per heavy atom. The second-order valence-corrected chi connectivity index (χ2v) is 6.62. The number of hydrogen-bond donors (Lipinski definition) is 2. The molecule has 1 aromatic carbocycles. The number of carbonyl (C=O) groups is 2. The summed E-state index contributed by atoms with van der Waals surface area (Å²) < 4.78 is 6.32. The molecule has 6 nitrogen and oxygen atoms in total. The number of carbonyl (C=O) groups excluding carboxylic acids is 2. The summed E-state index contributed by atoms with van der Waals surface area (Å²) in [7, 11) is 0. The molecule has 0 unspecified atom stereocenters. The van der Waals surface area contributed by atoms with Crippen molar-refractivity contribution >= 4 is 56.9 Å². The largest absolute Gasteiger partial charge is 0.480 e. The molecule has 0 fully saturated rings. The summed E-state index contributed by atoms with van der Waals surface area (Å²) in [6.07, 6.45) is 1.63. The van der Waals surface area contributed by atoms with Gasteiger partial charge in [-0.25, -0.2) is 0 Å². The average Bonchev–Trinajstić information content (AvgIpc) is 2.52. The number of hydrazine groups is 1. The summed E-state index contributed by atoms with van der Waals surface area (Å²) in [5.74, 6) is -0.474. The van der Waals surface area contributed by atoms with Crippen LogP contribution in [0.4, 0.5) is 0 Å². The van der Waals surface area contributed by atoms with Gasteiger partial charge >= 0.3 is 0 Å². The number of nitrogens with zero attached hydrogens (tertiary/aromatic N) is 1. The molecule has 0 saturated heterocycles. The van der Waals surface area contributed by atoms with Crippen LogP contribution in [0, 0.1) is 9.49 Å². The van der Waals surface area contributed by atoms with Crippen LogP contribution < -0.4 is 15.6 Å². The van der Waals surface area contributed by atoms with Crippen molar-refractivity contribution in [2.24, 2.45) is 5.92 Å². The molecule has 0 atom stereocenters. The number of aromatic nitrogens is 1. The van der Waals surface area contributed by atoms with Gasteiger partial charge in [0.15, 0.2) is 12.4 Å². The van der Waals surface area contributed by atoms with Crippen molar-refractivity contribution in [3.05, 3.63) is 33.0 Å². The van der Waals surface area contributed by atoms with Gasteiger partial charge in [0, 0.05) is 17.5 Å². The van der Waals surface area contributed by atoms with Gasteiger partial charge in [-0.15, -0.1) is 0 Å². The highest BCUT2D eigenvalue weighted by Crippen LogP contribution is 2.34. The van der Waals surface area contributed by atoms with Crippen molar-refractivity contribution in [1.29, 1.82) is 0 Å². The Morgan fingerprint density at radius 1 is 1.39 bits per heavy atom. The Balaban J connectivity index is 2.08. The molecule has 0 spiro atoms. The zero-order valence-electron chi connectivity index (χ0n) is 12.5. The number of hydrogen-bond acceptors (Lipinski definition) is 4. The summed E-state index contributed by atoms with van der Waals surface area (Å²) in [5, 5.41) is 1.32. The molecule has 1 aromatic heterocycles. The summed E-state index contributed by atoms with van der Waals surface area (Å²) in [5.41, 5.74) is 5.21. The number of halogens is 2. The van der Waals surface area contributed by atoms with Crippen LogP contribution in [0.15, 0.2) is 24.4 Å². The lowest BCUT2D eigenvalue weighted by Crippen LogP contribution is -2.45. The maximum absolute atomic E-state index is 11.8. The normalized spacial score (nSPS) is 10.7. The Hall–Kier alpha value is -1.61. The van der Waals surface area contributed by atoms with Gasteiger partial charge in [-0.1, -0.05) is 25.4 Å². The number of pyridine rings is 1. The van der Waals surface area contributed by atoms with Crippen LogP contribution in [0.25, 0.3) is 10.9 Å². The van der Waals surface area contributed by atoms with Gasteiger partial charge < -0.3 is 4.74 Å². The van der Waals surface area contributed by atoms with E-state index in [1.54, 1.807) is 32.2 Å². The van der Waals surface area contributed by atoms with Gasteiger partial charge in [-0.05, 0) is 40.8 Å². The number of benzene rings is 1. The second-order valence-electron chi connectivity index (χ2n) is 5.05. The molecule has 2 rings (SSSR count). The molecule has 0 aliphatic heterocycles. The predicted octanol–water partition coefficient (Wildman–Crippen LogP) is 2.68. The first kappa shape index (κ1) is 17.7. The molecule has 0 aliphatic carbocycles. The van der Waals surface area contributed by atoms with E-state index in [0.717, 1.165) is 8.96 Å². The number of ether oxygens (including phenoxy) is 1. The fourth-order valence-corrected chi connectivity index (χ4v) is 2.90. The van der Waals surface area contributed by atoms with E-state index >= 15 is 0 Å². The van der Waals surface area contributed by atoms with Crippen molar-refractivity contribution < 1.29 is 14.3 Å². The molecule has 0 aliphatic rings. The fraction of sp³-hybridized carbons (Fsp3) is 0.267. The van der Waals surface area contributed by atoms with Crippen LogP contribution in [0.1, 0.15) is 13.8 Å². The molecule has 122 valence electrons. The Labute approximate surface area is 152 Å². The second kappa shape index (κ2) is 7.78. The van der Waals surface area contributed by atoms with Gasteiger partial charge in [0.25, 0.3) is 5.91 Å². The summed E-state index contributed by atoms with van der Waals surface area (Å²) in [4.78, 5) is 27.4. The molecule has 0 bridgehead atoms. The van der Waals surface area contributed by atoms with Gasteiger partial charge in [0.2, 0.25) is 5.91 Å². The molecule has 2 N–H and O–H groups in total. The van der Waals surface area contributed by atoms with E-state index in [0.29, 0.717) is 16.3 Å². The molecule has 8 heteroatoms. The Bertz CT molecular complexity index is 752. The minimum atomic E-state index is -0.464. The Morgan fingerprint density at radius 2 is 2.13 bits per heavy atom. The third-order valence-electron chi connectivity index (χ3n) is 2.95. The minimum Gasteiger partial charge on any atom is -0.480 e. The van der Waals surface area contributed by atoms with Crippen LogP contribution in [0.3, 0.4) is 0 Å². The highest BCUT2D eigenvalue weighted by molar-refractivity contribution is 14.1. The van der Waals surface area contributed by atoms with E-state index in [2.05, 4.69) is 38.4 Å². The van der Waals surface area contributed by atoms with E-state index < -0.39 is 5.91 Å². The molecular formula is C15H15ClIN3O3. The van der Waals surface area contributed by atoms with Crippen LogP contribution >= 0.6 is 34.2 Å². The predicted molar refractivity (Wildman–Crippen MR) is 96.1 cm³/mol. The molecule has 23 heavy (non-hydrogen) atoms. The Kier molecular flexibility index (Phi) is 6.00. The summed E-state index contributed by atoms with van der Waals surface area (Å²) >= 11 is 8.25. The van der Waals surface area contributed by atoms with E-state index in [9.17, 15) is 9.59 Å². The third-order valence-corrected chi connectivity index (χ3v) is 4.06. The van der Waals surface area contributed by atoms with E-state index in [4.69, 9.17) is 16.3 Å². The third kappa shape index (κ3) is 4.44. The molecule has 2 amide bonds. The average molecular weight is 448 g/mol. The van der Waals surface area contributed by atoms with Crippen LogP contribution in [-0.4, -0.2) is 23.4 Å². The first-order valence-electron chi connectivity index (χ1n) is 6.84. The lowest BCUT2D eigenvalue weighted by molar-refractivity contribution is -0.131. The van der Waals surface area contributed by atoms with Gasteiger partial charge in [0.1, 0.15) is 5.52 Å². The molecular weight excluding hydrogens is 433 g/mol. The van der Waals surface area contributed by atoms with Crippen LogP contribution in [0.2, 0.25) is 5.02 Å². The van der Waals surface area contributed by atoms with Crippen molar-refractivity contribution in [3.63, 3.8) is 0 Å². The van der Waals surface area contributed by atoms with Crippen molar-refractivity contribution in [2.75, 3.05) is 6.61 Å². The highest BCUT2D eigenvalue weighted by Gasteiger charge is 2.14.